The van der Waals surface area contributed by atoms with Gasteiger partial charge in [-0.15, -0.1) is 0 Å². The van der Waals surface area contributed by atoms with E-state index in [1.54, 1.807) is 19.1 Å². The smallest absolute Gasteiger partial charge is 0.416 e. The van der Waals surface area contributed by atoms with Gasteiger partial charge in [-0.2, -0.15) is 13.2 Å². The lowest BCUT2D eigenvalue weighted by atomic mass is 10.2. The Kier molecular flexibility index (Phi) is 5.48. The summed E-state index contributed by atoms with van der Waals surface area (Å²) in [5, 5.41) is 3.52. The van der Waals surface area contributed by atoms with Gasteiger partial charge < -0.3 is 19.2 Å². The molecule has 5 nitrogen and oxygen atoms in total. The fraction of sp³-hybridized carbons (Fsp3) is 0.250. The quantitative estimate of drug-likeness (QED) is 0.659. The second-order valence-electron chi connectivity index (χ2n) is 6.13. The molecule has 3 aromatic rings. The van der Waals surface area contributed by atoms with Crippen molar-refractivity contribution in [1.82, 2.24) is 5.32 Å². The summed E-state index contributed by atoms with van der Waals surface area (Å²) < 4.78 is 54.3. The van der Waals surface area contributed by atoms with Crippen LogP contribution in [0.25, 0.3) is 11.0 Å². The van der Waals surface area contributed by atoms with Crippen LogP contribution in [0.4, 0.5) is 13.2 Å². The maximum Gasteiger partial charge on any atom is 0.416 e. The molecule has 0 radical (unpaired) electrons. The highest BCUT2D eigenvalue weighted by Crippen LogP contribution is 2.32. The van der Waals surface area contributed by atoms with E-state index in [0.29, 0.717) is 17.1 Å². The average molecular weight is 393 g/mol. The van der Waals surface area contributed by atoms with Crippen LogP contribution in [0.1, 0.15) is 24.3 Å². The highest BCUT2D eigenvalue weighted by atomic mass is 19.4. The van der Waals surface area contributed by atoms with Gasteiger partial charge in [0.1, 0.15) is 11.5 Å². The topological polar surface area (TPSA) is 60.7 Å². The van der Waals surface area contributed by atoms with E-state index in [9.17, 15) is 18.0 Å². The van der Waals surface area contributed by atoms with Crippen molar-refractivity contribution in [3.05, 3.63) is 59.9 Å². The number of fused-ring (bicyclic) bond motifs is 1. The third kappa shape index (κ3) is 4.39. The van der Waals surface area contributed by atoms with Crippen LogP contribution in [-0.4, -0.2) is 19.6 Å². The zero-order valence-electron chi connectivity index (χ0n) is 15.2. The Balaban J connectivity index is 1.62. The molecule has 148 valence electrons. The van der Waals surface area contributed by atoms with Crippen LogP contribution in [-0.2, 0) is 11.0 Å². The van der Waals surface area contributed by atoms with E-state index < -0.39 is 30.3 Å². The van der Waals surface area contributed by atoms with E-state index in [2.05, 4.69) is 5.32 Å². The lowest BCUT2D eigenvalue weighted by Crippen LogP contribution is -2.31. The molecule has 2 aromatic carbocycles. The molecule has 0 bridgehead atoms. The molecule has 1 unspecified atom stereocenters. The molecule has 0 saturated carbocycles. The molecule has 3 rings (SSSR count). The number of benzene rings is 2. The molecule has 1 amide bonds. The van der Waals surface area contributed by atoms with Crippen molar-refractivity contribution < 1.29 is 31.9 Å². The minimum atomic E-state index is -4.47. The first-order valence-electron chi connectivity index (χ1n) is 8.44. The summed E-state index contributed by atoms with van der Waals surface area (Å²) in [5.41, 5.74) is -0.267. The molecule has 28 heavy (non-hydrogen) atoms. The highest BCUT2D eigenvalue weighted by Gasteiger charge is 2.30. The Morgan fingerprint density at radius 2 is 1.93 bits per heavy atom. The van der Waals surface area contributed by atoms with E-state index in [1.165, 1.54) is 19.2 Å². The van der Waals surface area contributed by atoms with E-state index in [4.69, 9.17) is 13.9 Å². The number of amides is 1. The first-order chi connectivity index (χ1) is 13.3. The Labute approximate surface area is 159 Å². The largest absolute Gasteiger partial charge is 0.493 e. The Morgan fingerprint density at radius 3 is 2.64 bits per heavy atom. The molecular weight excluding hydrogens is 375 g/mol. The maximum atomic E-state index is 12.7. The number of ether oxygens (including phenoxy) is 2. The van der Waals surface area contributed by atoms with E-state index >= 15 is 0 Å². The fourth-order valence-corrected chi connectivity index (χ4v) is 2.70. The zero-order valence-corrected chi connectivity index (χ0v) is 15.2. The van der Waals surface area contributed by atoms with Gasteiger partial charge in [0.2, 0.25) is 0 Å². The number of furan rings is 1. The summed E-state index contributed by atoms with van der Waals surface area (Å²) in [4.78, 5) is 12.1. The fourth-order valence-electron chi connectivity index (χ4n) is 2.70. The van der Waals surface area contributed by atoms with E-state index in [1.807, 2.05) is 12.1 Å². The van der Waals surface area contributed by atoms with Gasteiger partial charge in [-0.3, -0.25) is 4.79 Å². The molecule has 0 spiro atoms. The number of carbonyl (C=O) groups is 1. The van der Waals surface area contributed by atoms with E-state index in [-0.39, 0.29) is 5.75 Å². The number of para-hydroxylation sites is 1. The summed E-state index contributed by atoms with van der Waals surface area (Å²) in [6.45, 7) is 1.31. The van der Waals surface area contributed by atoms with Gasteiger partial charge in [-0.25, -0.2) is 0 Å². The number of rotatable bonds is 6. The Hall–Kier alpha value is -3.16. The molecule has 1 aromatic heterocycles. The molecule has 1 N–H and O–H groups in total. The SMILES string of the molecule is COc1cccc2cc(C(C)NC(=O)COc3cccc(C(F)(F)F)c3)oc12. The molecule has 1 atom stereocenters. The van der Waals surface area contributed by atoms with Gasteiger partial charge in [0.05, 0.1) is 18.7 Å². The van der Waals surface area contributed by atoms with Gasteiger partial charge in [0.25, 0.3) is 5.91 Å². The minimum Gasteiger partial charge on any atom is -0.493 e. The summed E-state index contributed by atoms with van der Waals surface area (Å²) in [5.74, 6) is 0.575. The molecule has 0 saturated heterocycles. The average Bonchev–Trinajstić information content (AvgIpc) is 3.10. The summed E-state index contributed by atoms with van der Waals surface area (Å²) >= 11 is 0. The van der Waals surface area contributed by atoms with Crippen LogP contribution in [0, 0.1) is 0 Å². The number of hydrogen-bond donors (Lipinski definition) is 1. The second-order valence-corrected chi connectivity index (χ2v) is 6.13. The summed E-state index contributed by atoms with van der Waals surface area (Å²) in [6, 6.07) is 11.1. The third-order valence-electron chi connectivity index (χ3n) is 4.08. The van der Waals surface area contributed by atoms with Gasteiger partial charge in [-0.1, -0.05) is 18.2 Å². The number of hydrogen-bond acceptors (Lipinski definition) is 4. The molecule has 0 aliphatic rings. The van der Waals surface area contributed by atoms with Gasteiger partial charge in [0.15, 0.2) is 17.9 Å². The minimum absolute atomic E-state index is 0.0360. The van der Waals surface area contributed by atoms with Crippen molar-refractivity contribution in [3.8, 4) is 11.5 Å². The number of alkyl halides is 3. The summed E-state index contributed by atoms with van der Waals surface area (Å²) in [6.07, 6.45) is -4.47. The first-order valence-corrected chi connectivity index (χ1v) is 8.44. The van der Waals surface area contributed by atoms with Crippen molar-refractivity contribution in [1.29, 1.82) is 0 Å². The van der Waals surface area contributed by atoms with Crippen molar-refractivity contribution in [2.45, 2.75) is 19.1 Å². The maximum absolute atomic E-state index is 12.7. The second kappa shape index (κ2) is 7.84. The van der Waals surface area contributed by atoms with Crippen LogP contribution in [0.3, 0.4) is 0 Å². The van der Waals surface area contributed by atoms with Crippen LogP contribution >= 0.6 is 0 Å². The van der Waals surface area contributed by atoms with Crippen LogP contribution in [0.5, 0.6) is 11.5 Å². The predicted octanol–water partition coefficient (Wildman–Crippen LogP) is 4.72. The van der Waals surface area contributed by atoms with Crippen molar-refractivity contribution in [2.75, 3.05) is 13.7 Å². The van der Waals surface area contributed by atoms with Crippen molar-refractivity contribution >= 4 is 16.9 Å². The standard InChI is InChI=1S/C20H18F3NO4/c1-12(17-9-13-5-3-8-16(26-2)19(13)28-17)24-18(25)11-27-15-7-4-6-14(10-15)20(21,22)23/h3-10,12H,11H2,1-2H3,(H,24,25). The molecule has 0 fully saturated rings. The first kappa shape index (κ1) is 19.6. The van der Waals surface area contributed by atoms with Crippen LogP contribution < -0.4 is 14.8 Å². The van der Waals surface area contributed by atoms with Gasteiger partial charge in [0, 0.05) is 5.39 Å². The molecule has 0 aliphatic heterocycles. The number of halogens is 3. The normalized spacial score (nSPS) is 12.6. The van der Waals surface area contributed by atoms with Crippen LogP contribution in [0.2, 0.25) is 0 Å². The molecule has 0 aliphatic carbocycles. The monoisotopic (exact) mass is 393 g/mol. The Bertz CT molecular complexity index is 981. The summed E-state index contributed by atoms with van der Waals surface area (Å²) in [7, 11) is 1.54. The molecule has 8 heteroatoms. The van der Waals surface area contributed by atoms with Crippen LogP contribution in [0.15, 0.2) is 52.9 Å². The lowest BCUT2D eigenvalue weighted by Gasteiger charge is -2.13. The lowest BCUT2D eigenvalue weighted by molar-refractivity contribution is -0.137. The molecular formula is C20H18F3NO4. The van der Waals surface area contributed by atoms with Gasteiger partial charge >= 0.3 is 6.18 Å². The number of methoxy groups -OCH3 is 1. The van der Waals surface area contributed by atoms with E-state index in [0.717, 1.165) is 17.5 Å². The van der Waals surface area contributed by atoms with Gasteiger partial charge in [-0.05, 0) is 37.3 Å². The van der Waals surface area contributed by atoms with Crippen molar-refractivity contribution in [2.24, 2.45) is 0 Å². The van der Waals surface area contributed by atoms with Crippen molar-refractivity contribution in [3.63, 3.8) is 0 Å². The highest BCUT2D eigenvalue weighted by molar-refractivity contribution is 5.84. The number of nitrogens with one attached hydrogen (secondary N) is 1. The predicted molar refractivity (Wildman–Crippen MR) is 96.3 cm³/mol. The zero-order chi connectivity index (χ0) is 20.3. The molecule has 1 heterocycles. The Morgan fingerprint density at radius 1 is 1.18 bits per heavy atom. The third-order valence-corrected chi connectivity index (χ3v) is 4.08. The number of carbonyl (C=O) groups excluding carboxylic acids is 1.